The van der Waals surface area contributed by atoms with Gasteiger partial charge >= 0.3 is 0 Å². The largest absolute Gasteiger partial charge is 0.497 e. The molecular formula is C15H21BrO3. The third kappa shape index (κ3) is 3.06. The zero-order chi connectivity index (χ0) is 13.8. The van der Waals surface area contributed by atoms with Crippen molar-refractivity contribution < 1.29 is 14.2 Å². The van der Waals surface area contributed by atoms with Crippen LogP contribution in [-0.4, -0.2) is 26.9 Å². The van der Waals surface area contributed by atoms with E-state index >= 15 is 0 Å². The molecule has 4 heteroatoms. The second-order valence-corrected chi connectivity index (χ2v) is 5.77. The first kappa shape index (κ1) is 14.7. The maximum absolute atomic E-state index is 5.79. The Hall–Kier alpha value is -0.740. The minimum atomic E-state index is 0.227. The van der Waals surface area contributed by atoms with Gasteiger partial charge in [-0.1, -0.05) is 22.9 Å². The highest BCUT2D eigenvalue weighted by Crippen LogP contribution is 2.44. The highest BCUT2D eigenvalue weighted by molar-refractivity contribution is 9.09. The molecule has 1 saturated heterocycles. The van der Waals surface area contributed by atoms with Gasteiger partial charge in [0.25, 0.3) is 0 Å². The second kappa shape index (κ2) is 6.62. The number of methoxy groups -OCH3 is 2. The van der Waals surface area contributed by atoms with Crippen molar-refractivity contribution >= 4 is 15.9 Å². The van der Waals surface area contributed by atoms with Gasteiger partial charge in [0.2, 0.25) is 0 Å². The Morgan fingerprint density at radius 2 is 2.16 bits per heavy atom. The SMILES string of the molecule is CCC1OCCC1C(Br)c1cc(OC)ccc1OC. The number of ether oxygens (including phenoxy) is 3. The highest BCUT2D eigenvalue weighted by atomic mass is 79.9. The topological polar surface area (TPSA) is 27.7 Å². The van der Waals surface area contributed by atoms with Crippen molar-refractivity contribution in [1.29, 1.82) is 0 Å². The Morgan fingerprint density at radius 3 is 2.79 bits per heavy atom. The fraction of sp³-hybridized carbons (Fsp3) is 0.600. The molecule has 0 bridgehead atoms. The molecule has 0 amide bonds. The Balaban J connectivity index is 2.28. The van der Waals surface area contributed by atoms with E-state index < -0.39 is 0 Å². The molecule has 3 unspecified atom stereocenters. The van der Waals surface area contributed by atoms with Crippen LogP contribution in [0, 0.1) is 5.92 Å². The van der Waals surface area contributed by atoms with Crippen LogP contribution in [-0.2, 0) is 4.74 Å². The Labute approximate surface area is 123 Å². The molecule has 2 rings (SSSR count). The van der Waals surface area contributed by atoms with Gasteiger partial charge in [0.15, 0.2) is 0 Å². The van der Waals surface area contributed by atoms with Crippen LogP contribution in [0.4, 0.5) is 0 Å². The fourth-order valence-electron chi connectivity index (χ4n) is 2.71. The number of benzene rings is 1. The summed E-state index contributed by atoms with van der Waals surface area (Å²) in [5.74, 6) is 2.22. The van der Waals surface area contributed by atoms with Crippen LogP contribution >= 0.6 is 15.9 Å². The van der Waals surface area contributed by atoms with Gasteiger partial charge in [-0.3, -0.25) is 0 Å². The van der Waals surface area contributed by atoms with Crippen LogP contribution in [0.2, 0.25) is 0 Å². The predicted octanol–water partition coefficient (Wildman–Crippen LogP) is 3.95. The van der Waals surface area contributed by atoms with Crippen molar-refractivity contribution in [2.24, 2.45) is 5.92 Å². The molecule has 106 valence electrons. The van der Waals surface area contributed by atoms with Crippen molar-refractivity contribution in [3.8, 4) is 11.5 Å². The van der Waals surface area contributed by atoms with Gasteiger partial charge in [-0.2, -0.15) is 0 Å². The minimum absolute atomic E-state index is 0.227. The molecule has 1 aromatic carbocycles. The summed E-state index contributed by atoms with van der Waals surface area (Å²) in [6, 6.07) is 5.92. The molecule has 1 aliphatic rings. The molecule has 1 aromatic rings. The van der Waals surface area contributed by atoms with E-state index in [4.69, 9.17) is 14.2 Å². The maximum Gasteiger partial charge on any atom is 0.123 e. The predicted molar refractivity (Wildman–Crippen MR) is 79.4 cm³/mol. The van der Waals surface area contributed by atoms with Crippen molar-refractivity contribution in [2.75, 3.05) is 20.8 Å². The summed E-state index contributed by atoms with van der Waals surface area (Å²) in [5, 5.41) is 0. The third-order valence-corrected chi connectivity index (χ3v) is 4.95. The molecule has 0 N–H and O–H groups in total. The summed E-state index contributed by atoms with van der Waals surface area (Å²) < 4.78 is 16.6. The number of rotatable bonds is 5. The lowest BCUT2D eigenvalue weighted by Crippen LogP contribution is -2.19. The van der Waals surface area contributed by atoms with Crippen LogP contribution in [0.5, 0.6) is 11.5 Å². The van der Waals surface area contributed by atoms with Gasteiger partial charge in [0.1, 0.15) is 11.5 Å². The van der Waals surface area contributed by atoms with E-state index in [9.17, 15) is 0 Å². The lowest BCUT2D eigenvalue weighted by atomic mass is 9.91. The zero-order valence-corrected chi connectivity index (χ0v) is 13.3. The summed E-state index contributed by atoms with van der Waals surface area (Å²) in [4.78, 5) is 0.227. The molecule has 0 aliphatic carbocycles. The molecule has 1 aliphatic heterocycles. The Kier molecular flexibility index (Phi) is 5.11. The van der Waals surface area contributed by atoms with Gasteiger partial charge in [-0.05, 0) is 31.0 Å². The van der Waals surface area contributed by atoms with Crippen molar-refractivity contribution in [1.82, 2.24) is 0 Å². The van der Waals surface area contributed by atoms with Crippen LogP contribution in [0.3, 0.4) is 0 Å². The molecule has 0 radical (unpaired) electrons. The van der Waals surface area contributed by atoms with E-state index in [-0.39, 0.29) is 4.83 Å². The lowest BCUT2D eigenvalue weighted by Gasteiger charge is -2.24. The molecule has 3 atom stereocenters. The molecule has 1 heterocycles. The van der Waals surface area contributed by atoms with Crippen LogP contribution in [0.15, 0.2) is 18.2 Å². The van der Waals surface area contributed by atoms with Crippen molar-refractivity contribution in [3.63, 3.8) is 0 Å². The quantitative estimate of drug-likeness (QED) is 0.766. The Bertz CT molecular complexity index is 422. The summed E-state index contributed by atoms with van der Waals surface area (Å²) in [7, 11) is 3.38. The van der Waals surface area contributed by atoms with Crippen LogP contribution in [0.1, 0.15) is 30.2 Å². The first-order chi connectivity index (χ1) is 9.21. The standard InChI is InChI=1S/C15H21BrO3/c1-4-13-11(7-8-19-13)15(16)12-9-10(17-2)5-6-14(12)18-3/h5-6,9,11,13,15H,4,7-8H2,1-3H3. The van der Waals surface area contributed by atoms with Crippen LogP contribution in [0.25, 0.3) is 0 Å². The normalized spacial score (nSPS) is 24.2. The molecule has 3 nitrogen and oxygen atoms in total. The fourth-order valence-corrected chi connectivity index (χ4v) is 3.67. The van der Waals surface area contributed by atoms with E-state index in [1.54, 1.807) is 14.2 Å². The molecule has 0 spiro atoms. The van der Waals surface area contributed by atoms with Gasteiger partial charge in [-0.25, -0.2) is 0 Å². The van der Waals surface area contributed by atoms with Crippen LogP contribution < -0.4 is 9.47 Å². The van der Waals surface area contributed by atoms with E-state index in [0.717, 1.165) is 36.5 Å². The number of hydrogen-bond acceptors (Lipinski definition) is 3. The van der Waals surface area contributed by atoms with Crippen molar-refractivity contribution in [2.45, 2.75) is 30.7 Å². The van der Waals surface area contributed by atoms with Gasteiger partial charge in [-0.15, -0.1) is 0 Å². The molecule has 1 fully saturated rings. The molecular weight excluding hydrogens is 308 g/mol. The average molecular weight is 329 g/mol. The van der Waals surface area contributed by atoms with E-state index in [2.05, 4.69) is 22.9 Å². The second-order valence-electron chi connectivity index (χ2n) is 4.78. The summed E-state index contributed by atoms with van der Waals surface area (Å²) in [6.07, 6.45) is 2.44. The monoisotopic (exact) mass is 328 g/mol. The highest BCUT2D eigenvalue weighted by Gasteiger charge is 2.34. The van der Waals surface area contributed by atoms with Gasteiger partial charge < -0.3 is 14.2 Å². The average Bonchev–Trinajstić information content (AvgIpc) is 2.94. The summed E-state index contributed by atoms with van der Waals surface area (Å²) in [6.45, 7) is 3.02. The number of halogens is 1. The molecule has 19 heavy (non-hydrogen) atoms. The zero-order valence-electron chi connectivity index (χ0n) is 11.7. The smallest absolute Gasteiger partial charge is 0.123 e. The first-order valence-electron chi connectivity index (χ1n) is 6.68. The third-order valence-electron chi connectivity index (χ3n) is 3.77. The minimum Gasteiger partial charge on any atom is -0.497 e. The van der Waals surface area contributed by atoms with Gasteiger partial charge in [0.05, 0.1) is 20.3 Å². The Morgan fingerprint density at radius 1 is 1.37 bits per heavy atom. The van der Waals surface area contributed by atoms with E-state index in [1.807, 2.05) is 18.2 Å². The molecule has 0 saturated carbocycles. The first-order valence-corrected chi connectivity index (χ1v) is 7.60. The number of hydrogen-bond donors (Lipinski definition) is 0. The lowest BCUT2D eigenvalue weighted by molar-refractivity contribution is 0.0871. The van der Waals surface area contributed by atoms with Crippen molar-refractivity contribution in [3.05, 3.63) is 23.8 Å². The van der Waals surface area contributed by atoms with E-state index in [1.165, 1.54) is 0 Å². The van der Waals surface area contributed by atoms with E-state index in [0.29, 0.717) is 12.0 Å². The summed E-state index contributed by atoms with van der Waals surface area (Å²) >= 11 is 3.83. The number of alkyl halides is 1. The van der Waals surface area contributed by atoms with Gasteiger partial charge in [0, 0.05) is 22.9 Å². The molecule has 0 aromatic heterocycles. The summed E-state index contributed by atoms with van der Waals surface area (Å²) in [5.41, 5.74) is 1.14. The maximum atomic E-state index is 5.79.